The minimum Gasteiger partial charge on any atom is -0.461 e. The third kappa shape index (κ3) is 14.0. The Morgan fingerprint density at radius 2 is 1.65 bits per heavy atom. The smallest absolute Gasteiger partial charge is 0.325 e. The average Bonchev–Trinajstić information content (AvgIpc) is 2.74. The van der Waals surface area contributed by atoms with E-state index < -0.39 is 18.0 Å². The van der Waals surface area contributed by atoms with Crippen molar-refractivity contribution >= 4 is 23.6 Å². The molecule has 1 aromatic carbocycles. The van der Waals surface area contributed by atoms with Gasteiger partial charge in [0.25, 0.3) is 0 Å². The molecular weight excluding hydrogens is 404 g/mol. The molecule has 0 saturated heterocycles. The monoisotopic (exact) mass is 436 g/mol. The Labute approximate surface area is 182 Å². The van der Waals surface area contributed by atoms with Crippen molar-refractivity contribution < 1.29 is 33.4 Å². The average molecular weight is 437 g/mol. The lowest BCUT2D eigenvalue weighted by Gasteiger charge is -2.18. The zero-order chi connectivity index (χ0) is 22.9. The van der Waals surface area contributed by atoms with E-state index in [1.54, 1.807) is 7.05 Å². The predicted molar refractivity (Wildman–Crippen MR) is 113 cm³/mol. The van der Waals surface area contributed by atoms with E-state index in [0.717, 1.165) is 5.56 Å². The highest BCUT2D eigenvalue weighted by molar-refractivity contribution is 5.82. The summed E-state index contributed by atoms with van der Waals surface area (Å²) in [5.74, 6) is -1.35. The second-order valence-electron chi connectivity index (χ2n) is 7.01. The zero-order valence-corrected chi connectivity index (χ0v) is 18.2. The van der Waals surface area contributed by atoms with Crippen LogP contribution in [0.25, 0.3) is 0 Å². The Hall–Kier alpha value is -2.78. The number of esters is 2. The third-order valence-electron chi connectivity index (χ3n) is 4.08. The molecule has 0 radical (unpaired) electrons. The summed E-state index contributed by atoms with van der Waals surface area (Å²) in [6.07, 6.45) is 1.06. The number of hydrogen-bond acceptors (Lipinski definition) is 8. The second-order valence-corrected chi connectivity index (χ2v) is 7.01. The van der Waals surface area contributed by atoms with Crippen molar-refractivity contribution in [3.63, 3.8) is 0 Å². The van der Waals surface area contributed by atoms with Crippen molar-refractivity contribution in [3.05, 3.63) is 35.9 Å². The Morgan fingerprint density at radius 3 is 2.32 bits per heavy atom. The number of ether oxygens (including phenoxy) is 3. The first-order chi connectivity index (χ1) is 14.9. The number of nitrogens with one attached hydrogen (secondary N) is 2. The van der Waals surface area contributed by atoms with E-state index in [1.165, 1.54) is 6.92 Å². The number of rotatable bonds is 16. The van der Waals surface area contributed by atoms with Gasteiger partial charge in [0.15, 0.2) is 6.10 Å². The van der Waals surface area contributed by atoms with Crippen LogP contribution in [0.3, 0.4) is 0 Å². The van der Waals surface area contributed by atoms with Gasteiger partial charge in [-0.05, 0) is 32.4 Å². The number of amides is 1. The van der Waals surface area contributed by atoms with Gasteiger partial charge in [-0.25, -0.2) is 0 Å². The Balaban J connectivity index is 2.40. The van der Waals surface area contributed by atoms with Crippen LogP contribution in [0.1, 0.15) is 38.2 Å². The van der Waals surface area contributed by atoms with Gasteiger partial charge in [0, 0.05) is 12.8 Å². The van der Waals surface area contributed by atoms with Gasteiger partial charge in [0.2, 0.25) is 5.91 Å². The Morgan fingerprint density at radius 1 is 0.935 bits per heavy atom. The Bertz CT molecular complexity index is 694. The molecule has 0 aromatic heterocycles. The van der Waals surface area contributed by atoms with Crippen LogP contribution in [-0.2, 0) is 40.0 Å². The maximum Gasteiger partial charge on any atom is 0.325 e. The van der Waals surface area contributed by atoms with Crippen molar-refractivity contribution in [2.24, 2.45) is 0 Å². The summed E-state index contributed by atoms with van der Waals surface area (Å²) in [5.41, 5.74) is 0.955. The molecule has 1 rings (SSSR count). The molecule has 1 aromatic rings. The Kier molecular flexibility index (Phi) is 13.5. The normalized spacial score (nSPS) is 11.4. The second kappa shape index (κ2) is 16.0. The fourth-order valence-electron chi connectivity index (χ4n) is 2.53. The summed E-state index contributed by atoms with van der Waals surface area (Å²) in [7, 11) is 1.62. The fraction of sp³-hybridized carbons (Fsp3) is 0.545. The molecule has 0 saturated carbocycles. The molecule has 0 spiro atoms. The van der Waals surface area contributed by atoms with Gasteiger partial charge < -0.3 is 29.6 Å². The number of hydrogen-bond donors (Lipinski definition) is 2. The highest BCUT2D eigenvalue weighted by atomic mass is 16.6. The van der Waals surface area contributed by atoms with Gasteiger partial charge in [0.1, 0.15) is 18.9 Å². The van der Waals surface area contributed by atoms with Crippen LogP contribution in [0.2, 0.25) is 0 Å². The van der Waals surface area contributed by atoms with E-state index in [4.69, 9.17) is 14.2 Å². The third-order valence-corrected chi connectivity index (χ3v) is 4.08. The number of carbonyl (C=O) groups is 4. The van der Waals surface area contributed by atoms with E-state index in [0.29, 0.717) is 25.9 Å². The molecule has 0 aliphatic carbocycles. The van der Waals surface area contributed by atoms with Gasteiger partial charge >= 0.3 is 11.9 Å². The SMILES string of the molecule is CNCC(=O)OCC(COCc1ccccc1)OC(=O)CNC(=O)CCCCC(C)=O. The van der Waals surface area contributed by atoms with Crippen molar-refractivity contribution in [1.82, 2.24) is 10.6 Å². The van der Waals surface area contributed by atoms with E-state index in [9.17, 15) is 19.2 Å². The standard InChI is InChI=1S/C22H32N2O7/c1-17(25)8-6-7-11-20(26)24-13-22(28)31-19(16-30-21(27)12-23-2)15-29-14-18-9-4-3-5-10-18/h3-5,9-10,19,23H,6-8,11-16H2,1-2H3,(H,24,26). The van der Waals surface area contributed by atoms with E-state index in [-0.39, 0.29) is 44.4 Å². The van der Waals surface area contributed by atoms with E-state index in [2.05, 4.69) is 10.6 Å². The predicted octanol–water partition coefficient (Wildman–Crippen LogP) is 1.14. The molecule has 0 fully saturated rings. The molecule has 1 unspecified atom stereocenters. The molecule has 9 nitrogen and oxygen atoms in total. The fourth-order valence-corrected chi connectivity index (χ4v) is 2.53. The lowest BCUT2D eigenvalue weighted by molar-refractivity contribution is -0.162. The van der Waals surface area contributed by atoms with Gasteiger partial charge in [-0.3, -0.25) is 14.4 Å². The number of carbonyl (C=O) groups excluding carboxylic acids is 4. The maximum absolute atomic E-state index is 12.1. The van der Waals surface area contributed by atoms with Gasteiger partial charge in [-0.1, -0.05) is 30.3 Å². The number of ketones is 1. The van der Waals surface area contributed by atoms with Crippen LogP contribution >= 0.6 is 0 Å². The molecule has 0 aliphatic rings. The first kappa shape index (κ1) is 26.3. The number of unbranched alkanes of at least 4 members (excludes halogenated alkanes) is 1. The quantitative estimate of drug-likeness (QED) is 0.292. The molecule has 0 bridgehead atoms. The zero-order valence-electron chi connectivity index (χ0n) is 18.2. The first-order valence-corrected chi connectivity index (χ1v) is 10.3. The van der Waals surface area contributed by atoms with Crippen molar-refractivity contribution in [3.8, 4) is 0 Å². The molecule has 1 amide bonds. The maximum atomic E-state index is 12.1. The first-order valence-electron chi connectivity index (χ1n) is 10.3. The van der Waals surface area contributed by atoms with E-state index >= 15 is 0 Å². The van der Waals surface area contributed by atoms with E-state index in [1.807, 2.05) is 30.3 Å². The largest absolute Gasteiger partial charge is 0.461 e. The molecule has 172 valence electrons. The van der Waals surface area contributed by atoms with Crippen LogP contribution in [0.15, 0.2) is 30.3 Å². The molecular formula is C22H32N2O7. The molecule has 0 aliphatic heterocycles. The van der Waals surface area contributed by atoms with Crippen molar-refractivity contribution in [2.45, 2.75) is 45.3 Å². The summed E-state index contributed by atoms with van der Waals surface area (Å²) in [4.78, 5) is 46.3. The lowest BCUT2D eigenvalue weighted by atomic mass is 10.1. The van der Waals surface area contributed by atoms with Crippen LogP contribution < -0.4 is 10.6 Å². The highest BCUT2D eigenvalue weighted by Crippen LogP contribution is 2.04. The minimum atomic E-state index is -0.801. The van der Waals surface area contributed by atoms with Crippen LogP contribution in [-0.4, -0.2) is 63.1 Å². The van der Waals surface area contributed by atoms with Gasteiger partial charge in [-0.15, -0.1) is 0 Å². The highest BCUT2D eigenvalue weighted by Gasteiger charge is 2.18. The van der Waals surface area contributed by atoms with Crippen LogP contribution in [0, 0.1) is 0 Å². The van der Waals surface area contributed by atoms with Crippen LogP contribution in [0.4, 0.5) is 0 Å². The molecule has 9 heteroatoms. The summed E-state index contributed by atoms with van der Waals surface area (Å²) >= 11 is 0. The van der Waals surface area contributed by atoms with Crippen molar-refractivity contribution in [2.75, 3.05) is 33.4 Å². The minimum absolute atomic E-state index is 0.0330. The molecule has 2 N–H and O–H groups in total. The summed E-state index contributed by atoms with van der Waals surface area (Å²) < 4.78 is 16.0. The molecule has 31 heavy (non-hydrogen) atoms. The topological polar surface area (TPSA) is 120 Å². The number of benzene rings is 1. The number of Topliss-reactive ketones (excluding diaryl/α,β-unsaturated/α-hetero) is 1. The number of likely N-dealkylation sites (N-methyl/N-ethyl adjacent to an activating group) is 1. The van der Waals surface area contributed by atoms with Crippen molar-refractivity contribution in [1.29, 1.82) is 0 Å². The summed E-state index contributed by atoms with van der Waals surface area (Å²) in [6, 6.07) is 9.48. The molecule has 1 atom stereocenters. The lowest BCUT2D eigenvalue weighted by Crippen LogP contribution is -2.36. The van der Waals surface area contributed by atoms with Crippen LogP contribution in [0.5, 0.6) is 0 Å². The summed E-state index contributed by atoms with van der Waals surface area (Å²) in [6.45, 7) is 1.44. The van der Waals surface area contributed by atoms with Gasteiger partial charge in [-0.2, -0.15) is 0 Å². The summed E-state index contributed by atoms with van der Waals surface area (Å²) in [5, 5.41) is 5.16. The molecule has 0 heterocycles. The van der Waals surface area contributed by atoms with Gasteiger partial charge in [0.05, 0.1) is 19.8 Å².